The summed E-state index contributed by atoms with van der Waals surface area (Å²) in [5, 5.41) is 11.3. The van der Waals surface area contributed by atoms with Crippen LogP contribution in [0.2, 0.25) is 0 Å². The summed E-state index contributed by atoms with van der Waals surface area (Å²) in [7, 11) is 0. The molecule has 156 valence electrons. The van der Waals surface area contributed by atoms with Gasteiger partial charge in [0.2, 0.25) is 0 Å². The second kappa shape index (κ2) is 8.42. The zero-order valence-corrected chi connectivity index (χ0v) is 17.1. The molecule has 2 rings (SSSR count). The molecular formula is C20H25N3O6. The van der Waals surface area contributed by atoms with Crippen molar-refractivity contribution in [3.8, 4) is 0 Å². The highest BCUT2D eigenvalue weighted by Crippen LogP contribution is 2.47. The lowest BCUT2D eigenvalue weighted by Crippen LogP contribution is -2.51. The van der Waals surface area contributed by atoms with Crippen molar-refractivity contribution < 1.29 is 24.0 Å². The highest BCUT2D eigenvalue weighted by Gasteiger charge is 2.53. The molecule has 9 nitrogen and oxygen atoms in total. The van der Waals surface area contributed by atoms with Gasteiger partial charge in [-0.1, -0.05) is 12.1 Å². The van der Waals surface area contributed by atoms with Crippen molar-refractivity contribution in [3.05, 3.63) is 51.2 Å². The molecular weight excluding hydrogens is 378 g/mol. The maximum absolute atomic E-state index is 13.1. The average molecular weight is 403 g/mol. The van der Waals surface area contributed by atoms with E-state index in [0.29, 0.717) is 5.56 Å². The molecule has 1 aromatic rings. The van der Waals surface area contributed by atoms with Crippen LogP contribution < -0.4 is 5.73 Å². The van der Waals surface area contributed by atoms with Gasteiger partial charge in [0.15, 0.2) is 0 Å². The molecule has 2 atom stereocenters. The van der Waals surface area contributed by atoms with Gasteiger partial charge in [0.1, 0.15) is 11.3 Å². The summed E-state index contributed by atoms with van der Waals surface area (Å²) in [6.07, 6.45) is -0.434. The first-order valence-electron chi connectivity index (χ1n) is 9.21. The van der Waals surface area contributed by atoms with Crippen molar-refractivity contribution in [1.29, 1.82) is 0 Å². The number of nitrogens with zero attached hydrogens (tertiary/aromatic N) is 2. The highest BCUT2D eigenvalue weighted by molar-refractivity contribution is 6.10. The summed E-state index contributed by atoms with van der Waals surface area (Å²) in [5.41, 5.74) is 5.20. The maximum Gasteiger partial charge on any atom is 0.336 e. The molecule has 0 saturated heterocycles. The monoisotopic (exact) mass is 403 g/mol. The summed E-state index contributed by atoms with van der Waals surface area (Å²) in [6.45, 7) is 8.25. The number of aliphatic imine (C=N–C) groups is 1. The number of carbonyl (C=O) groups excluding carboxylic acids is 2. The molecule has 0 fully saturated rings. The molecule has 0 bridgehead atoms. The number of hydrogen-bond acceptors (Lipinski definition) is 8. The number of esters is 2. The van der Waals surface area contributed by atoms with Gasteiger partial charge in [0, 0.05) is 18.1 Å². The van der Waals surface area contributed by atoms with Crippen LogP contribution in [-0.2, 0) is 19.1 Å². The Morgan fingerprint density at radius 3 is 2.59 bits per heavy atom. The number of ether oxygens (including phenoxy) is 2. The van der Waals surface area contributed by atoms with Gasteiger partial charge in [0.25, 0.3) is 5.69 Å². The summed E-state index contributed by atoms with van der Waals surface area (Å²) >= 11 is 0. The molecule has 1 heterocycles. The first-order valence-corrected chi connectivity index (χ1v) is 9.21. The minimum Gasteiger partial charge on any atom is -0.463 e. The number of rotatable bonds is 6. The Morgan fingerprint density at radius 2 is 2.03 bits per heavy atom. The summed E-state index contributed by atoms with van der Waals surface area (Å²) in [6, 6.07) is 5.73. The van der Waals surface area contributed by atoms with E-state index in [-0.39, 0.29) is 29.4 Å². The van der Waals surface area contributed by atoms with Gasteiger partial charge in [-0.2, -0.15) is 0 Å². The fraction of sp³-hybridized carbons (Fsp3) is 0.450. The van der Waals surface area contributed by atoms with Crippen LogP contribution in [0.3, 0.4) is 0 Å². The number of benzene rings is 1. The lowest BCUT2D eigenvalue weighted by atomic mass is 9.66. The molecule has 2 unspecified atom stereocenters. The number of nitrogens with two attached hydrogens (primary N) is 1. The van der Waals surface area contributed by atoms with Gasteiger partial charge in [-0.15, -0.1) is 0 Å². The van der Waals surface area contributed by atoms with E-state index < -0.39 is 34.3 Å². The van der Waals surface area contributed by atoms with Gasteiger partial charge < -0.3 is 15.2 Å². The van der Waals surface area contributed by atoms with Gasteiger partial charge in [0.05, 0.1) is 28.9 Å². The van der Waals surface area contributed by atoms with Gasteiger partial charge in [-0.3, -0.25) is 14.9 Å². The average Bonchev–Trinajstić information content (AvgIpc) is 2.63. The molecule has 0 spiro atoms. The molecule has 0 radical (unpaired) electrons. The zero-order chi connectivity index (χ0) is 21.9. The van der Waals surface area contributed by atoms with Crippen molar-refractivity contribution in [2.45, 2.75) is 46.6 Å². The molecule has 1 aliphatic heterocycles. The van der Waals surface area contributed by atoms with E-state index in [0.717, 1.165) is 0 Å². The standard InChI is InChI=1S/C20H25N3O6/c1-6-28-17(24)15-12(4)22-18(21)20(5,19(25)29-11(2)3)16(15)13-8-7-9-14(10-13)23(26)27/h7-11,16H,6H2,1-5H3,(H2,21,22). The molecule has 0 saturated carbocycles. The fourth-order valence-electron chi connectivity index (χ4n) is 3.35. The SMILES string of the molecule is CCOC(=O)C1=C(C)N=C(N)C(C)(C(=O)OC(C)C)C1c1cccc([N+](=O)[O-])c1. The van der Waals surface area contributed by atoms with Crippen molar-refractivity contribution in [1.82, 2.24) is 0 Å². The van der Waals surface area contributed by atoms with Crippen LogP contribution in [0.25, 0.3) is 0 Å². The number of allylic oxidation sites excluding steroid dienone is 1. The largest absolute Gasteiger partial charge is 0.463 e. The highest BCUT2D eigenvalue weighted by atomic mass is 16.6. The Labute approximate surface area is 168 Å². The number of nitro benzene ring substituents is 1. The number of carbonyl (C=O) groups is 2. The van der Waals surface area contributed by atoms with Gasteiger partial charge in [-0.05, 0) is 40.2 Å². The molecule has 9 heteroatoms. The fourth-order valence-corrected chi connectivity index (χ4v) is 3.35. The Kier molecular flexibility index (Phi) is 6.41. The smallest absolute Gasteiger partial charge is 0.336 e. The Balaban J connectivity index is 2.77. The number of non-ortho nitro benzene ring substituents is 1. The van der Waals surface area contributed by atoms with Crippen LogP contribution in [0, 0.1) is 15.5 Å². The summed E-state index contributed by atoms with van der Waals surface area (Å²) in [5.74, 6) is -2.35. The Morgan fingerprint density at radius 1 is 1.38 bits per heavy atom. The van der Waals surface area contributed by atoms with E-state index in [1.165, 1.54) is 25.1 Å². The van der Waals surface area contributed by atoms with Crippen molar-refractivity contribution >= 4 is 23.5 Å². The third-order valence-electron chi connectivity index (χ3n) is 4.75. The second-order valence-corrected chi connectivity index (χ2v) is 7.16. The van der Waals surface area contributed by atoms with E-state index >= 15 is 0 Å². The Bertz CT molecular complexity index is 905. The molecule has 1 aliphatic rings. The molecule has 29 heavy (non-hydrogen) atoms. The second-order valence-electron chi connectivity index (χ2n) is 7.16. The topological polar surface area (TPSA) is 134 Å². The summed E-state index contributed by atoms with van der Waals surface area (Å²) < 4.78 is 10.6. The maximum atomic E-state index is 13.1. The van der Waals surface area contributed by atoms with Crippen LogP contribution in [0.4, 0.5) is 5.69 Å². The number of amidine groups is 1. The van der Waals surface area contributed by atoms with Crippen LogP contribution in [0.1, 0.15) is 46.1 Å². The van der Waals surface area contributed by atoms with Crippen LogP contribution in [-0.4, -0.2) is 35.4 Å². The van der Waals surface area contributed by atoms with Crippen LogP contribution in [0.5, 0.6) is 0 Å². The zero-order valence-electron chi connectivity index (χ0n) is 17.1. The normalized spacial score (nSPS) is 21.6. The Hall–Kier alpha value is -3.23. The first-order chi connectivity index (χ1) is 13.5. The van der Waals surface area contributed by atoms with E-state index in [1.54, 1.807) is 33.8 Å². The predicted octanol–water partition coefficient (Wildman–Crippen LogP) is 2.84. The molecule has 1 aromatic carbocycles. The molecule has 0 aliphatic carbocycles. The first kappa shape index (κ1) is 22.1. The van der Waals surface area contributed by atoms with E-state index in [4.69, 9.17) is 15.2 Å². The molecule has 0 aromatic heterocycles. The van der Waals surface area contributed by atoms with Crippen LogP contribution in [0.15, 0.2) is 40.5 Å². The lowest BCUT2D eigenvalue weighted by molar-refractivity contribution is -0.384. The third-order valence-corrected chi connectivity index (χ3v) is 4.75. The minimum absolute atomic E-state index is 0.0368. The number of hydrogen-bond donors (Lipinski definition) is 1. The quantitative estimate of drug-likeness (QED) is 0.438. The van der Waals surface area contributed by atoms with E-state index in [1.807, 2.05) is 0 Å². The third kappa shape index (κ3) is 4.13. The molecule has 2 N–H and O–H groups in total. The van der Waals surface area contributed by atoms with Crippen LogP contribution >= 0.6 is 0 Å². The van der Waals surface area contributed by atoms with Gasteiger partial charge >= 0.3 is 11.9 Å². The lowest BCUT2D eigenvalue weighted by Gasteiger charge is -2.39. The predicted molar refractivity (Wildman–Crippen MR) is 106 cm³/mol. The van der Waals surface area contributed by atoms with E-state index in [9.17, 15) is 19.7 Å². The molecule has 0 amide bonds. The van der Waals surface area contributed by atoms with Crippen molar-refractivity contribution in [2.24, 2.45) is 16.1 Å². The van der Waals surface area contributed by atoms with Crippen molar-refractivity contribution in [2.75, 3.05) is 6.61 Å². The van der Waals surface area contributed by atoms with Gasteiger partial charge in [-0.25, -0.2) is 9.79 Å². The summed E-state index contributed by atoms with van der Waals surface area (Å²) in [4.78, 5) is 40.8. The minimum atomic E-state index is -1.55. The van der Waals surface area contributed by atoms with E-state index in [2.05, 4.69) is 4.99 Å². The van der Waals surface area contributed by atoms with Crippen molar-refractivity contribution in [3.63, 3.8) is 0 Å². The number of nitro groups is 1.